The van der Waals surface area contributed by atoms with Crippen LogP contribution in [-0.2, 0) is 6.54 Å². The van der Waals surface area contributed by atoms with Crippen LogP contribution < -0.4 is 0 Å². The highest BCUT2D eigenvalue weighted by Crippen LogP contribution is 2.18. The molecule has 0 aliphatic heterocycles. The fraction of sp³-hybridized carbons (Fsp3) is 0.0833. The molecular weight excluding hydrogens is 280 g/mol. The number of halogens is 1. The van der Waals surface area contributed by atoms with Gasteiger partial charge in [-0.15, -0.1) is 0 Å². The number of nitrogens with zero attached hydrogens (tertiary/aromatic N) is 4. The molecule has 0 saturated carbocycles. The number of hydrogen-bond acceptors (Lipinski definition) is 3. The molecule has 4 nitrogen and oxygen atoms in total. The van der Waals surface area contributed by atoms with Crippen LogP contribution in [0.15, 0.2) is 35.1 Å². The molecule has 2 rings (SSSR count). The lowest BCUT2D eigenvalue weighted by atomic mass is 10.2. The smallest absolute Gasteiger partial charge is 0.176 e. The van der Waals surface area contributed by atoms with Gasteiger partial charge in [-0.05, 0) is 11.6 Å². The second kappa shape index (κ2) is 4.82. The summed E-state index contributed by atoms with van der Waals surface area (Å²) in [6.07, 6.45) is 1.51. The van der Waals surface area contributed by atoms with Gasteiger partial charge in [0.1, 0.15) is 12.1 Å². The molecule has 0 aliphatic carbocycles. The second-order valence-corrected chi connectivity index (χ2v) is 4.24. The van der Waals surface area contributed by atoms with Crippen LogP contribution in [0.5, 0.6) is 0 Å². The van der Waals surface area contributed by atoms with Gasteiger partial charge in [0.25, 0.3) is 0 Å². The van der Waals surface area contributed by atoms with E-state index in [1.54, 1.807) is 4.57 Å². The molecule has 1 aromatic carbocycles. The zero-order valence-corrected chi connectivity index (χ0v) is 10.3. The number of rotatable bonds is 2. The van der Waals surface area contributed by atoms with E-state index in [0.717, 1.165) is 10.0 Å². The molecule has 1 heterocycles. The number of hydrogen-bond donors (Lipinski definition) is 0. The molecule has 2 aromatic rings. The molecule has 0 atom stereocenters. The molecule has 1 aromatic heterocycles. The van der Waals surface area contributed by atoms with Crippen LogP contribution in [-0.4, -0.2) is 9.55 Å². The van der Waals surface area contributed by atoms with Crippen molar-refractivity contribution in [3.05, 3.63) is 52.0 Å². The lowest BCUT2D eigenvalue weighted by molar-refractivity contribution is 0.782. The molecule has 0 N–H and O–H groups in total. The third-order valence-corrected chi connectivity index (χ3v) is 3.12. The molecule has 0 saturated heterocycles. The minimum absolute atomic E-state index is 0.166. The Balaban J connectivity index is 2.39. The quantitative estimate of drug-likeness (QED) is 0.852. The predicted molar refractivity (Wildman–Crippen MR) is 64.9 cm³/mol. The van der Waals surface area contributed by atoms with Gasteiger partial charge in [-0.2, -0.15) is 10.5 Å². The fourth-order valence-electron chi connectivity index (χ4n) is 1.51. The van der Waals surface area contributed by atoms with Crippen LogP contribution in [0.25, 0.3) is 0 Å². The highest BCUT2D eigenvalue weighted by molar-refractivity contribution is 9.10. The molecule has 0 spiro atoms. The average molecular weight is 287 g/mol. The molecule has 82 valence electrons. The van der Waals surface area contributed by atoms with Crippen molar-refractivity contribution in [3.8, 4) is 12.1 Å². The van der Waals surface area contributed by atoms with E-state index in [-0.39, 0.29) is 5.69 Å². The van der Waals surface area contributed by atoms with Gasteiger partial charge < -0.3 is 4.57 Å². The zero-order chi connectivity index (χ0) is 12.3. The summed E-state index contributed by atoms with van der Waals surface area (Å²) in [5.74, 6) is 0. The number of imidazole rings is 1. The normalized spacial score (nSPS) is 9.59. The minimum Gasteiger partial charge on any atom is -0.317 e. The van der Waals surface area contributed by atoms with Crippen molar-refractivity contribution in [2.45, 2.75) is 6.54 Å². The molecular formula is C12H7BrN4. The van der Waals surface area contributed by atoms with Gasteiger partial charge in [-0.3, -0.25) is 0 Å². The first-order valence-electron chi connectivity index (χ1n) is 4.85. The minimum atomic E-state index is 0.166. The Bertz CT molecular complexity index is 631. The van der Waals surface area contributed by atoms with E-state index in [1.165, 1.54) is 6.33 Å². The summed E-state index contributed by atoms with van der Waals surface area (Å²) in [7, 11) is 0. The highest BCUT2D eigenvalue weighted by Gasteiger charge is 2.10. The summed E-state index contributed by atoms with van der Waals surface area (Å²) >= 11 is 3.44. The van der Waals surface area contributed by atoms with Gasteiger partial charge in [0.2, 0.25) is 0 Å². The van der Waals surface area contributed by atoms with Gasteiger partial charge in [-0.1, -0.05) is 34.1 Å². The summed E-state index contributed by atoms with van der Waals surface area (Å²) in [6, 6.07) is 11.6. The van der Waals surface area contributed by atoms with Gasteiger partial charge >= 0.3 is 0 Å². The number of benzene rings is 1. The monoisotopic (exact) mass is 286 g/mol. The summed E-state index contributed by atoms with van der Waals surface area (Å²) in [6.45, 7) is 0.513. The SMILES string of the molecule is N#Cc1ncn(Cc2ccccc2Br)c1C#N. The largest absolute Gasteiger partial charge is 0.317 e. The molecule has 17 heavy (non-hydrogen) atoms. The van der Waals surface area contributed by atoms with Gasteiger partial charge in [0.15, 0.2) is 11.4 Å². The van der Waals surface area contributed by atoms with E-state index in [9.17, 15) is 0 Å². The zero-order valence-electron chi connectivity index (χ0n) is 8.76. The molecule has 0 unspecified atom stereocenters. The topological polar surface area (TPSA) is 65.4 Å². The first-order valence-corrected chi connectivity index (χ1v) is 5.64. The Kier molecular flexibility index (Phi) is 3.22. The molecule has 0 bridgehead atoms. The molecule has 0 aliphatic rings. The van der Waals surface area contributed by atoms with E-state index in [4.69, 9.17) is 10.5 Å². The average Bonchev–Trinajstić information content (AvgIpc) is 2.74. The lowest BCUT2D eigenvalue weighted by Gasteiger charge is -2.05. The van der Waals surface area contributed by atoms with Crippen LogP contribution >= 0.6 is 15.9 Å². The van der Waals surface area contributed by atoms with Gasteiger partial charge in [0, 0.05) is 4.47 Å². The number of aromatic nitrogens is 2. The third-order valence-electron chi connectivity index (χ3n) is 2.35. The summed E-state index contributed by atoms with van der Waals surface area (Å²) in [4.78, 5) is 3.90. The second-order valence-electron chi connectivity index (χ2n) is 3.38. The lowest BCUT2D eigenvalue weighted by Crippen LogP contribution is -2.02. The Labute approximate surface area is 107 Å². The van der Waals surface area contributed by atoms with Crippen LogP contribution in [0, 0.1) is 22.7 Å². The Morgan fingerprint density at radius 2 is 2.00 bits per heavy atom. The Morgan fingerprint density at radius 3 is 2.65 bits per heavy atom. The highest BCUT2D eigenvalue weighted by atomic mass is 79.9. The maximum Gasteiger partial charge on any atom is 0.176 e. The molecule has 0 fully saturated rings. The van der Waals surface area contributed by atoms with Crippen molar-refractivity contribution in [3.63, 3.8) is 0 Å². The van der Waals surface area contributed by atoms with Gasteiger partial charge in [0.05, 0.1) is 12.9 Å². The van der Waals surface area contributed by atoms with E-state index in [1.807, 2.05) is 36.4 Å². The summed E-state index contributed by atoms with van der Waals surface area (Å²) < 4.78 is 2.63. The Morgan fingerprint density at radius 1 is 1.24 bits per heavy atom. The summed E-state index contributed by atoms with van der Waals surface area (Å²) in [5, 5.41) is 17.8. The number of nitriles is 2. The van der Waals surface area contributed by atoms with Crippen molar-refractivity contribution in [1.82, 2.24) is 9.55 Å². The first kappa shape index (κ1) is 11.4. The van der Waals surface area contributed by atoms with Crippen molar-refractivity contribution < 1.29 is 0 Å². The van der Waals surface area contributed by atoms with E-state index >= 15 is 0 Å². The summed E-state index contributed by atoms with van der Waals surface area (Å²) in [5.41, 5.74) is 1.49. The van der Waals surface area contributed by atoms with Crippen LogP contribution in [0.3, 0.4) is 0 Å². The van der Waals surface area contributed by atoms with Crippen molar-refractivity contribution in [2.75, 3.05) is 0 Å². The first-order chi connectivity index (χ1) is 8.26. The standard InChI is InChI=1S/C12H7BrN4/c13-10-4-2-1-3-9(10)7-17-8-16-11(5-14)12(17)6-15/h1-4,8H,7H2. The maximum absolute atomic E-state index is 8.99. The van der Waals surface area contributed by atoms with Crippen molar-refractivity contribution in [2.24, 2.45) is 0 Å². The molecule has 0 radical (unpaired) electrons. The Hall–Kier alpha value is -2.11. The van der Waals surface area contributed by atoms with Gasteiger partial charge in [-0.25, -0.2) is 4.98 Å². The third kappa shape index (κ3) is 2.20. The van der Waals surface area contributed by atoms with Crippen LogP contribution in [0.4, 0.5) is 0 Å². The van der Waals surface area contributed by atoms with Crippen LogP contribution in [0.2, 0.25) is 0 Å². The van der Waals surface area contributed by atoms with E-state index in [0.29, 0.717) is 12.2 Å². The predicted octanol–water partition coefficient (Wildman–Crippen LogP) is 2.44. The maximum atomic E-state index is 8.99. The van der Waals surface area contributed by atoms with E-state index in [2.05, 4.69) is 20.9 Å². The molecule has 0 amide bonds. The van der Waals surface area contributed by atoms with Crippen molar-refractivity contribution >= 4 is 15.9 Å². The molecule has 5 heteroatoms. The van der Waals surface area contributed by atoms with Crippen LogP contribution in [0.1, 0.15) is 17.0 Å². The van der Waals surface area contributed by atoms with E-state index < -0.39 is 0 Å². The fourth-order valence-corrected chi connectivity index (χ4v) is 1.92. The van der Waals surface area contributed by atoms with Crippen molar-refractivity contribution in [1.29, 1.82) is 10.5 Å².